The number of esters is 1. The molecule has 2 amide bonds. The third kappa shape index (κ3) is 7.50. The van der Waals surface area contributed by atoms with E-state index in [0.29, 0.717) is 5.57 Å². The molecule has 0 saturated carbocycles. The highest BCUT2D eigenvalue weighted by atomic mass is 16.6. The fourth-order valence-corrected chi connectivity index (χ4v) is 3.70. The van der Waals surface area contributed by atoms with Crippen LogP contribution in [-0.4, -0.2) is 52.9 Å². The number of alkyl carbamates (subject to hydrolysis) is 1. The van der Waals surface area contributed by atoms with Crippen LogP contribution in [0.2, 0.25) is 0 Å². The Labute approximate surface area is 202 Å². The van der Waals surface area contributed by atoms with Crippen LogP contribution >= 0.6 is 0 Å². The SMILES string of the molecule is C=C(C)[C@H]1CN(C(=O)OC(C)(C)C)[C@H](C(=O)OC(C)(C)C)[C@@H]1OC(=O)N[C@@H](C)c1ccccc1. The average Bonchev–Trinajstić information content (AvgIpc) is 3.05. The number of likely N-dealkylation sites (tertiary alicyclic amines) is 1. The predicted molar refractivity (Wildman–Crippen MR) is 129 cm³/mol. The van der Waals surface area contributed by atoms with Crippen molar-refractivity contribution in [1.82, 2.24) is 10.2 Å². The zero-order valence-electron chi connectivity index (χ0n) is 21.5. The smallest absolute Gasteiger partial charge is 0.411 e. The summed E-state index contributed by atoms with van der Waals surface area (Å²) in [6, 6.07) is 7.94. The molecule has 1 aliphatic heterocycles. The molecular weight excluding hydrogens is 436 g/mol. The molecule has 1 heterocycles. The standard InChI is InChI=1S/C26H38N2O6/c1-16(2)19-15-28(24(31)34-26(7,8)9)20(22(29)33-25(4,5)6)21(19)32-23(30)27-17(3)18-13-11-10-12-14-18/h10-14,17,19-21H,1,15H2,2-9H3,(H,27,30)/t17-,19+,20-,21+/m0/s1. The van der Waals surface area contributed by atoms with E-state index in [2.05, 4.69) is 11.9 Å². The fourth-order valence-electron chi connectivity index (χ4n) is 3.70. The molecule has 8 nitrogen and oxygen atoms in total. The average molecular weight is 475 g/mol. The van der Waals surface area contributed by atoms with E-state index >= 15 is 0 Å². The van der Waals surface area contributed by atoms with Crippen LogP contribution in [-0.2, 0) is 19.0 Å². The van der Waals surface area contributed by atoms with Crippen molar-refractivity contribution in [2.75, 3.05) is 6.54 Å². The number of hydrogen-bond acceptors (Lipinski definition) is 6. The molecule has 0 aliphatic carbocycles. The molecule has 34 heavy (non-hydrogen) atoms. The number of nitrogens with one attached hydrogen (secondary N) is 1. The van der Waals surface area contributed by atoms with Crippen LogP contribution < -0.4 is 5.32 Å². The fraction of sp³-hybridized carbons (Fsp3) is 0.577. The third-order valence-corrected chi connectivity index (χ3v) is 5.22. The Morgan fingerprint density at radius 2 is 1.59 bits per heavy atom. The van der Waals surface area contributed by atoms with Crippen LogP contribution in [0.1, 0.15) is 67.0 Å². The first-order valence-electron chi connectivity index (χ1n) is 11.5. The quantitative estimate of drug-likeness (QED) is 0.367. The van der Waals surface area contributed by atoms with Crippen molar-refractivity contribution in [3.8, 4) is 0 Å². The van der Waals surface area contributed by atoms with Crippen LogP contribution in [0.3, 0.4) is 0 Å². The second kappa shape index (κ2) is 10.5. The van der Waals surface area contributed by atoms with Crippen LogP contribution in [0.15, 0.2) is 42.5 Å². The van der Waals surface area contributed by atoms with Gasteiger partial charge < -0.3 is 19.5 Å². The molecule has 1 aliphatic rings. The van der Waals surface area contributed by atoms with Crippen molar-refractivity contribution in [3.63, 3.8) is 0 Å². The molecule has 8 heteroatoms. The van der Waals surface area contributed by atoms with Gasteiger partial charge in [-0.05, 0) is 61.0 Å². The lowest BCUT2D eigenvalue weighted by molar-refractivity contribution is -0.163. The molecule has 0 bridgehead atoms. The number of hydrogen-bond donors (Lipinski definition) is 1. The molecule has 1 fully saturated rings. The summed E-state index contributed by atoms with van der Waals surface area (Å²) in [6.45, 7) is 18.1. The summed E-state index contributed by atoms with van der Waals surface area (Å²) < 4.78 is 16.9. The van der Waals surface area contributed by atoms with Crippen LogP contribution in [0.5, 0.6) is 0 Å². The van der Waals surface area contributed by atoms with Gasteiger partial charge in [0.05, 0.1) is 6.04 Å². The topological polar surface area (TPSA) is 94.2 Å². The number of carbonyl (C=O) groups excluding carboxylic acids is 3. The van der Waals surface area contributed by atoms with Gasteiger partial charge in [-0.1, -0.05) is 42.5 Å². The molecule has 0 unspecified atom stereocenters. The molecule has 2 rings (SSSR count). The van der Waals surface area contributed by atoms with Gasteiger partial charge in [-0.15, -0.1) is 0 Å². The Kier molecular flexibility index (Phi) is 8.40. The van der Waals surface area contributed by atoms with Crippen molar-refractivity contribution in [2.45, 2.75) is 84.8 Å². The zero-order valence-corrected chi connectivity index (χ0v) is 21.5. The molecule has 0 spiro atoms. The minimum absolute atomic E-state index is 0.111. The van der Waals surface area contributed by atoms with Gasteiger partial charge in [-0.3, -0.25) is 4.90 Å². The maximum Gasteiger partial charge on any atom is 0.411 e. The van der Waals surface area contributed by atoms with Crippen molar-refractivity contribution in [2.24, 2.45) is 5.92 Å². The molecule has 0 radical (unpaired) electrons. The van der Waals surface area contributed by atoms with Crippen molar-refractivity contribution >= 4 is 18.2 Å². The number of carbonyl (C=O) groups is 3. The third-order valence-electron chi connectivity index (χ3n) is 5.22. The normalized spacial score (nSPS) is 21.4. The highest BCUT2D eigenvalue weighted by Crippen LogP contribution is 2.34. The van der Waals surface area contributed by atoms with E-state index < -0.39 is 47.4 Å². The minimum atomic E-state index is -1.17. The Bertz CT molecular complexity index is 900. The van der Waals surface area contributed by atoms with E-state index in [1.54, 1.807) is 48.5 Å². The summed E-state index contributed by atoms with van der Waals surface area (Å²) in [5.41, 5.74) is 0.0115. The lowest BCUT2D eigenvalue weighted by atomic mass is 9.95. The summed E-state index contributed by atoms with van der Waals surface area (Å²) in [4.78, 5) is 40.4. The van der Waals surface area contributed by atoms with E-state index in [9.17, 15) is 14.4 Å². The number of nitrogens with zero attached hydrogens (tertiary/aromatic N) is 1. The van der Waals surface area contributed by atoms with Crippen LogP contribution in [0.25, 0.3) is 0 Å². The van der Waals surface area contributed by atoms with Gasteiger partial charge in [0, 0.05) is 12.5 Å². The van der Waals surface area contributed by atoms with Crippen LogP contribution in [0, 0.1) is 5.92 Å². The van der Waals surface area contributed by atoms with Gasteiger partial charge in [0.1, 0.15) is 17.3 Å². The van der Waals surface area contributed by atoms with Gasteiger partial charge in [0.2, 0.25) is 0 Å². The Morgan fingerprint density at radius 1 is 1.03 bits per heavy atom. The second-order valence-electron chi connectivity index (χ2n) is 10.7. The van der Waals surface area contributed by atoms with Crippen LogP contribution in [0.4, 0.5) is 9.59 Å². The summed E-state index contributed by atoms with van der Waals surface area (Å²) >= 11 is 0. The monoisotopic (exact) mass is 474 g/mol. The minimum Gasteiger partial charge on any atom is -0.458 e. The highest BCUT2D eigenvalue weighted by Gasteiger charge is 2.53. The number of benzene rings is 1. The first kappa shape index (κ1) is 27.2. The van der Waals surface area contributed by atoms with Gasteiger partial charge in [0.15, 0.2) is 6.04 Å². The summed E-state index contributed by atoms with van der Waals surface area (Å²) in [7, 11) is 0. The second-order valence-corrected chi connectivity index (χ2v) is 10.7. The number of rotatable bonds is 5. The highest BCUT2D eigenvalue weighted by molar-refractivity contribution is 5.84. The molecule has 1 saturated heterocycles. The maximum absolute atomic E-state index is 13.2. The molecule has 0 aromatic heterocycles. The Balaban J connectivity index is 2.32. The maximum atomic E-state index is 13.2. The lowest BCUT2D eigenvalue weighted by Gasteiger charge is -2.31. The molecule has 4 atom stereocenters. The summed E-state index contributed by atoms with van der Waals surface area (Å²) in [6.07, 6.45) is -2.37. The number of ether oxygens (including phenoxy) is 3. The summed E-state index contributed by atoms with van der Waals surface area (Å²) in [5, 5.41) is 2.79. The van der Waals surface area contributed by atoms with E-state index in [-0.39, 0.29) is 12.6 Å². The largest absolute Gasteiger partial charge is 0.458 e. The van der Waals surface area contributed by atoms with E-state index in [0.717, 1.165) is 5.56 Å². The predicted octanol–water partition coefficient (Wildman–Crippen LogP) is 5.00. The number of amides is 2. The molecule has 1 aromatic rings. The van der Waals surface area contributed by atoms with Gasteiger partial charge in [-0.2, -0.15) is 0 Å². The van der Waals surface area contributed by atoms with Crippen molar-refractivity contribution < 1.29 is 28.6 Å². The molecule has 188 valence electrons. The van der Waals surface area contributed by atoms with E-state index in [1.807, 2.05) is 37.3 Å². The molecular formula is C26H38N2O6. The van der Waals surface area contributed by atoms with Crippen molar-refractivity contribution in [3.05, 3.63) is 48.0 Å². The van der Waals surface area contributed by atoms with E-state index in [1.165, 1.54) is 4.90 Å². The van der Waals surface area contributed by atoms with Gasteiger partial charge in [0.25, 0.3) is 0 Å². The Morgan fingerprint density at radius 3 is 2.09 bits per heavy atom. The van der Waals surface area contributed by atoms with E-state index in [4.69, 9.17) is 14.2 Å². The Hall–Kier alpha value is -3.03. The zero-order chi connectivity index (χ0) is 25.8. The first-order chi connectivity index (χ1) is 15.6. The van der Waals surface area contributed by atoms with Crippen molar-refractivity contribution in [1.29, 1.82) is 0 Å². The molecule has 1 aromatic carbocycles. The molecule has 1 N–H and O–H groups in total. The van der Waals surface area contributed by atoms with Gasteiger partial charge >= 0.3 is 18.2 Å². The summed E-state index contributed by atoms with van der Waals surface area (Å²) in [5.74, 6) is -1.14. The lowest BCUT2D eigenvalue weighted by Crippen LogP contribution is -2.51. The first-order valence-corrected chi connectivity index (χ1v) is 11.5. The van der Waals surface area contributed by atoms with Gasteiger partial charge in [-0.25, -0.2) is 14.4 Å².